The number of nitrogens with zero attached hydrogens (tertiary/aromatic N) is 1. The second-order valence-corrected chi connectivity index (χ2v) is 6.34. The van der Waals surface area contributed by atoms with Crippen molar-refractivity contribution in [3.8, 4) is 0 Å². The highest BCUT2D eigenvalue weighted by atomic mass is 79.9. The van der Waals surface area contributed by atoms with Gasteiger partial charge in [0.25, 0.3) is 0 Å². The van der Waals surface area contributed by atoms with Crippen LogP contribution < -0.4 is 0 Å². The summed E-state index contributed by atoms with van der Waals surface area (Å²) in [5.41, 5.74) is 0.693. The van der Waals surface area contributed by atoms with Crippen molar-refractivity contribution in [2.75, 3.05) is 25.0 Å². The van der Waals surface area contributed by atoms with Crippen LogP contribution in [0.5, 0.6) is 0 Å². The van der Waals surface area contributed by atoms with Gasteiger partial charge in [0.15, 0.2) is 0 Å². The average molecular weight is 258 g/mol. The van der Waals surface area contributed by atoms with Crippen LogP contribution in [-0.4, -0.2) is 29.9 Å². The Bertz CT molecular complexity index is 212. The van der Waals surface area contributed by atoms with E-state index in [1.54, 1.807) is 0 Å². The summed E-state index contributed by atoms with van der Waals surface area (Å²) in [7, 11) is 0. The standard InChI is InChI=1S/C12H20BrN/c13-8-12(4-5-12)9-14-6-10-2-1-3-11(10)7-14/h10-11H,1-9H2. The first-order chi connectivity index (χ1) is 6.81. The third kappa shape index (κ3) is 1.65. The van der Waals surface area contributed by atoms with E-state index in [2.05, 4.69) is 20.8 Å². The Morgan fingerprint density at radius 2 is 1.79 bits per heavy atom. The molecular weight excluding hydrogens is 238 g/mol. The predicted octanol–water partition coefficient (Wildman–Crippen LogP) is 2.89. The van der Waals surface area contributed by atoms with Crippen LogP contribution in [0.4, 0.5) is 0 Å². The fourth-order valence-corrected chi connectivity index (χ4v) is 4.18. The molecule has 0 spiro atoms. The van der Waals surface area contributed by atoms with Crippen molar-refractivity contribution in [1.82, 2.24) is 4.90 Å². The molecule has 2 heteroatoms. The number of hydrogen-bond acceptors (Lipinski definition) is 1. The summed E-state index contributed by atoms with van der Waals surface area (Å²) in [5, 5.41) is 1.23. The second kappa shape index (κ2) is 3.48. The van der Waals surface area contributed by atoms with E-state index in [-0.39, 0.29) is 0 Å². The quantitative estimate of drug-likeness (QED) is 0.703. The molecule has 14 heavy (non-hydrogen) atoms. The van der Waals surface area contributed by atoms with Gasteiger partial charge >= 0.3 is 0 Å². The van der Waals surface area contributed by atoms with Crippen molar-refractivity contribution in [3.05, 3.63) is 0 Å². The first-order valence-electron chi connectivity index (χ1n) is 6.10. The molecule has 0 aromatic rings. The highest BCUT2D eigenvalue weighted by Gasteiger charge is 2.45. The molecule has 0 aromatic heterocycles. The summed E-state index contributed by atoms with van der Waals surface area (Å²) in [4.78, 5) is 2.75. The van der Waals surface area contributed by atoms with Gasteiger partial charge < -0.3 is 4.90 Å². The maximum atomic E-state index is 3.68. The maximum Gasteiger partial charge on any atom is 0.0100 e. The third-order valence-electron chi connectivity index (χ3n) is 4.60. The van der Waals surface area contributed by atoms with E-state index in [4.69, 9.17) is 0 Å². The minimum atomic E-state index is 0.693. The van der Waals surface area contributed by atoms with Gasteiger partial charge in [0, 0.05) is 25.0 Å². The zero-order chi connectivity index (χ0) is 9.60. The van der Waals surface area contributed by atoms with Crippen molar-refractivity contribution in [2.24, 2.45) is 17.3 Å². The summed E-state index contributed by atoms with van der Waals surface area (Å²) in [6, 6.07) is 0. The highest BCUT2D eigenvalue weighted by Crippen LogP contribution is 2.49. The Kier molecular flexibility index (Phi) is 2.40. The van der Waals surface area contributed by atoms with Gasteiger partial charge in [-0.25, -0.2) is 0 Å². The first kappa shape index (κ1) is 9.65. The largest absolute Gasteiger partial charge is 0.302 e. The van der Waals surface area contributed by atoms with E-state index < -0.39 is 0 Å². The SMILES string of the molecule is BrCC1(CN2CC3CCCC3C2)CC1. The highest BCUT2D eigenvalue weighted by molar-refractivity contribution is 9.09. The second-order valence-electron chi connectivity index (χ2n) is 5.78. The van der Waals surface area contributed by atoms with Crippen molar-refractivity contribution in [1.29, 1.82) is 0 Å². The van der Waals surface area contributed by atoms with Crippen LogP contribution in [0.2, 0.25) is 0 Å². The lowest BCUT2D eigenvalue weighted by molar-refractivity contribution is 0.260. The first-order valence-corrected chi connectivity index (χ1v) is 7.22. The van der Waals surface area contributed by atoms with Gasteiger partial charge in [-0.15, -0.1) is 0 Å². The molecule has 1 nitrogen and oxygen atoms in total. The van der Waals surface area contributed by atoms with Gasteiger partial charge in [0.1, 0.15) is 0 Å². The molecule has 2 unspecified atom stereocenters. The molecular formula is C12H20BrN. The van der Waals surface area contributed by atoms with E-state index >= 15 is 0 Å². The van der Waals surface area contributed by atoms with Crippen LogP contribution >= 0.6 is 15.9 Å². The number of rotatable bonds is 3. The van der Waals surface area contributed by atoms with Crippen LogP contribution in [0.3, 0.4) is 0 Å². The lowest BCUT2D eigenvalue weighted by Crippen LogP contribution is -2.30. The lowest BCUT2D eigenvalue weighted by atomic mass is 10.0. The van der Waals surface area contributed by atoms with Gasteiger partial charge in [-0.3, -0.25) is 0 Å². The molecule has 3 fully saturated rings. The van der Waals surface area contributed by atoms with E-state index in [1.165, 1.54) is 57.1 Å². The van der Waals surface area contributed by atoms with Gasteiger partial charge in [-0.1, -0.05) is 22.4 Å². The van der Waals surface area contributed by atoms with Crippen molar-refractivity contribution in [2.45, 2.75) is 32.1 Å². The number of alkyl halides is 1. The topological polar surface area (TPSA) is 3.24 Å². The summed E-state index contributed by atoms with van der Waals surface area (Å²) < 4.78 is 0. The van der Waals surface area contributed by atoms with Gasteiger partial charge in [0.2, 0.25) is 0 Å². The van der Waals surface area contributed by atoms with Crippen LogP contribution in [0.1, 0.15) is 32.1 Å². The van der Waals surface area contributed by atoms with Crippen molar-refractivity contribution < 1.29 is 0 Å². The third-order valence-corrected chi connectivity index (χ3v) is 5.79. The van der Waals surface area contributed by atoms with Crippen molar-refractivity contribution >= 4 is 15.9 Å². The van der Waals surface area contributed by atoms with E-state index in [9.17, 15) is 0 Å². The summed E-state index contributed by atoms with van der Waals surface area (Å²) in [6.07, 6.45) is 7.46. The summed E-state index contributed by atoms with van der Waals surface area (Å²) in [5.74, 6) is 2.14. The molecule has 3 rings (SSSR count). The predicted molar refractivity (Wildman–Crippen MR) is 62.7 cm³/mol. The molecule has 80 valence electrons. The van der Waals surface area contributed by atoms with E-state index in [1.807, 2.05) is 0 Å². The smallest absolute Gasteiger partial charge is 0.0100 e. The summed E-state index contributed by atoms with van der Waals surface area (Å²) in [6.45, 7) is 4.21. The minimum absolute atomic E-state index is 0.693. The Balaban J connectivity index is 1.56. The molecule has 0 bridgehead atoms. The van der Waals surface area contributed by atoms with Gasteiger partial charge in [-0.05, 0) is 42.9 Å². The zero-order valence-electron chi connectivity index (χ0n) is 8.84. The summed E-state index contributed by atoms with van der Waals surface area (Å²) >= 11 is 3.68. The Labute approximate surface area is 95.4 Å². The monoisotopic (exact) mass is 257 g/mol. The molecule has 1 saturated heterocycles. The normalized spacial score (nSPS) is 40.1. The molecule has 0 aromatic carbocycles. The fourth-order valence-electron chi connectivity index (χ4n) is 3.45. The maximum absolute atomic E-state index is 3.68. The van der Waals surface area contributed by atoms with Crippen LogP contribution in [0.15, 0.2) is 0 Å². The van der Waals surface area contributed by atoms with Crippen LogP contribution in [0, 0.1) is 17.3 Å². The molecule has 2 saturated carbocycles. The average Bonchev–Trinajstić information content (AvgIpc) is 2.62. The molecule has 3 aliphatic rings. The lowest BCUT2D eigenvalue weighted by Gasteiger charge is -2.22. The zero-order valence-corrected chi connectivity index (χ0v) is 10.4. The molecule has 2 aliphatic carbocycles. The number of likely N-dealkylation sites (tertiary alicyclic amines) is 1. The molecule has 0 amide bonds. The molecule has 1 heterocycles. The van der Waals surface area contributed by atoms with E-state index in [0.717, 1.165) is 11.8 Å². The van der Waals surface area contributed by atoms with Crippen LogP contribution in [0.25, 0.3) is 0 Å². The number of fused-ring (bicyclic) bond motifs is 1. The number of halogens is 1. The Morgan fingerprint density at radius 3 is 2.29 bits per heavy atom. The molecule has 2 atom stereocenters. The van der Waals surface area contributed by atoms with Gasteiger partial charge in [-0.2, -0.15) is 0 Å². The van der Waals surface area contributed by atoms with Crippen LogP contribution in [-0.2, 0) is 0 Å². The van der Waals surface area contributed by atoms with Gasteiger partial charge in [0.05, 0.1) is 0 Å². The van der Waals surface area contributed by atoms with Crippen molar-refractivity contribution in [3.63, 3.8) is 0 Å². The fraction of sp³-hybridized carbons (Fsp3) is 1.00. The molecule has 0 radical (unpaired) electrons. The minimum Gasteiger partial charge on any atom is -0.302 e. The molecule has 1 aliphatic heterocycles. The van der Waals surface area contributed by atoms with E-state index in [0.29, 0.717) is 5.41 Å². The Hall–Kier alpha value is 0.440. The number of hydrogen-bond donors (Lipinski definition) is 0. The molecule has 0 N–H and O–H groups in total. The Morgan fingerprint density at radius 1 is 1.14 bits per heavy atom.